The summed E-state index contributed by atoms with van der Waals surface area (Å²) in [6.45, 7) is 5.32. The highest BCUT2D eigenvalue weighted by molar-refractivity contribution is 5.71. The van der Waals surface area contributed by atoms with Crippen molar-refractivity contribution in [1.82, 2.24) is 5.32 Å². The van der Waals surface area contributed by atoms with Gasteiger partial charge >= 0.3 is 5.97 Å². The van der Waals surface area contributed by atoms with E-state index in [1.807, 2.05) is 0 Å². The molecule has 0 radical (unpaired) electrons. The lowest BCUT2D eigenvalue weighted by Gasteiger charge is -2.09. The van der Waals surface area contributed by atoms with Gasteiger partial charge in [0.1, 0.15) is 11.6 Å². The first kappa shape index (κ1) is 15.4. The van der Waals surface area contributed by atoms with Gasteiger partial charge in [0.25, 0.3) is 0 Å². The molecule has 0 heterocycles. The van der Waals surface area contributed by atoms with Crippen molar-refractivity contribution in [2.75, 3.05) is 19.8 Å². The number of nitrogens with one attached hydrogen (secondary N) is 1. The van der Waals surface area contributed by atoms with Crippen molar-refractivity contribution in [3.05, 3.63) is 29.6 Å². The molecule has 1 aromatic carbocycles. The monoisotopic (exact) mass is 269 g/mol. The Balaban J connectivity index is 2.55. The van der Waals surface area contributed by atoms with Crippen molar-refractivity contribution in [1.29, 1.82) is 0 Å². The molecular formula is C14H20FNO3. The van der Waals surface area contributed by atoms with Gasteiger partial charge in [-0.05, 0) is 37.6 Å². The Hall–Kier alpha value is -1.62. The summed E-state index contributed by atoms with van der Waals surface area (Å²) in [5, 5.41) is 3.18. The summed E-state index contributed by atoms with van der Waals surface area (Å²) < 4.78 is 23.3. The minimum absolute atomic E-state index is 0.209. The van der Waals surface area contributed by atoms with Crippen molar-refractivity contribution in [2.45, 2.75) is 26.8 Å². The zero-order valence-electron chi connectivity index (χ0n) is 11.4. The third-order valence-corrected chi connectivity index (χ3v) is 2.35. The second-order valence-corrected chi connectivity index (χ2v) is 4.07. The molecule has 1 rings (SSSR count). The number of esters is 1. The molecule has 0 saturated carbocycles. The molecule has 19 heavy (non-hydrogen) atoms. The lowest BCUT2D eigenvalue weighted by Crippen LogP contribution is -2.16. The summed E-state index contributed by atoms with van der Waals surface area (Å²) in [7, 11) is 0. The van der Waals surface area contributed by atoms with Gasteiger partial charge in [-0.3, -0.25) is 0 Å². The zero-order valence-corrected chi connectivity index (χ0v) is 11.4. The summed E-state index contributed by atoms with van der Waals surface area (Å²) in [6.07, 6.45) is 1.02. The summed E-state index contributed by atoms with van der Waals surface area (Å²) in [5.41, 5.74) is 0.785. The maximum atomic E-state index is 13.4. The third-order valence-electron chi connectivity index (χ3n) is 2.35. The number of hydrogen-bond donors (Lipinski definition) is 1. The van der Waals surface area contributed by atoms with Crippen LogP contribution in [0, 0.1) is 5.82 Å². The van der Waals surface area contributed by atoms with E-state index in [4.69, 9.17) is 9.47 Å². The number of carbonyl (C=O) groups is 1. The molecule has 4 nitrogen and oxygen atoms in total. The number of hydrogen-bond acceptors (Lipinski definition) is 4. The Morgan fingerprint density at radius 2 is 2.11 bits per heavy atom. The van der Waals surface area contributed by atoms with Crippen LogP contribution in [0.15, 0.2) is 18.2 Å². The molecule has 0 saturated heterocycles. The Morgan fingerprint density at radius 1 is 1.32 bits per heavy atom. The molecule has 0 aliphatic heterocycles. The van der Waals surface area contributed by atoms with Crippen LogP contribution in [0.25, 0.3) is 0 Å². The van der Waals surface area contributed by atoms with Gasteiger partial charge in [-0.15, -0.1) is 0 Å². The molecule has 1 N–H and O–H groups in total. The second kappa shape index (κ2) is 8.48. The van der Waals surface area contributed by atoms with E-state index in [0.717, 1.165) is 18.5 Å². The van der Waals surface area contributed by atoms with E-state index < -0.39 is 5.97 Å². The standard InChI is InChI=1S/C14H20FNO3/c1-3-5-16-9-11-6-12(15)8-13(7-11)19-10-14(17)18-4-2/h6-8,16H,3-5,9-10H2,1-2H3. The molecule has 106 valence electrons. The van der Waals surface area contributed by atoms with Gasteiger partial charge in [0.05, 0.1) is 6.61 Å². The van der Waals surface area contributed by atoms with Crippen LogP contribution in [0.2, 0.25) is 0 Å². The van der Waals surface area contributed by atoms with E-state index in [1.54, 1.807) is 13.0 Å². The number of carbonyl (C=O) groups excluding carboxylic acids is 1. The summed E-state index contributed by atoms with van der Waals surface area (Å²) in [6, 6.07) is 4.41. The zero-order chi connectivity index (χ0) is 14.1. The van der Waals surface area contributed by atoms with Crippen molar-refractivity contribution in [3.8, 4) is 5.75 Å². The predicted molar refractivity (Wildman–Crippen MR) is 70.5 cm³/mol. The number of benzene rings is 1. The van der Waals surface area contributed by atoms with Crippen LogP contribution in [-0.4, -0.2) is 25.7 Å². The number of ether oxygens (including phenoxy) is 2. The van der Waals surface area contributed by atoms with Gasteiger partial charge < -0.3 is 14.8 Å². The Labute approximate surface area is 112 Å². The molecule has 0 aliphatic rings. The molecule has 0 fully saturated rings. The Kier molecular flexibility index (Phi) is 6.89. The quantitative estimate of drug-likeness (QED) is 0.581. The van der Waals surface area contributed by atoms with E-state index >= 15 is 0 Å². The SMILES string of the molecule is CCCNCc1cc(F)cc(OCC(=O)OCC)c1. The van der Waals surface area contributed by atoms with E-state index in [1.165, 1.54) is 12.1 Å². The van der Waals surface area contributed by atoms with Crippen LogP contribution >= 0.6 is 0 Å². The Morgan fingerprint density at radius 3 is 2.79 bits per heavy atom. The normalized spacial score (nSPS) is 10.3. The smallest absolute Gasteiger partial charge is 0.344 e. The third kappa shape index (κ3) is 6.20. The molecular weight excluding hydrogens is 249 g/mol. The van der Waals surface area contributed by atoms with Gasteiger partial charge in [-0.25, -0.2) is 9.18 Å². The van der Waals surface area contributed by atoms with Crippen LogP contribution in [0.4, 0.5) is 4.39 Å². The van der Waals surface area contributed by atoms with Crippen LogP contribution < -0.4 is 10.1 Å². The highest BCUT2D eigenvalue weighted by atomic mass is 19.1. The molecule has 1 aromatic rings. The maximum absolute atomic E-state index is 13.4. The molecule has 0 bridgehead atoms. The molecule has 0 spiro atoms. The second-order valence-electron chi connectivity index (χ2n) is 4.07. The van der Waals surface area contributed by atoms with E-state index in [9.17, 15) is 9.18 Å². The predicted octanol–water partition coefficient (Wildman–Crippen LogP) is 2.27. The molecule has 0 unspecified atom stereocenters. The molecule has 0 atom stereocenters. The minimum Gasteiger partial charge on any atom is -0.482 e. The van der Waals surface area contributed by atoms with Gasteiger partial charge in [0, 0.05) is 12.6 Å². The lowest BCUT2D eigenvalue weighted by molar-refractivity contribution is -0.145. The van der Waals surface area contributed by atoms with Crippen molar-refractivity contribution in [2.24, 2.45) is 0 Å². The van der Waals surface area contributed by atoms with Gasteiger partial charge in [-0.2, -0.15) is 0 Å². The first-order valence-corrected chi connectivity index (χ1v) is 6.44. The highest BCUT2D eigenvalue weighted by Crippen LogP contribution is 2.16. The van der Waals surface area contributed by atoms with Gasteiger partial charge in [0.15, 0.2) is 6.61 Å². The average molecular weight is 269 g/mol. The topological polar surface area (TPSA) is 47.6 Å². The van der Waals surface area contributed by atoms with E-state index in [0.29, 0.717) is 18.9 Å². The largest absolute Gasteiger partial charge is 0.482 e. The Bertz CT molecular complexity index is 410. The van der Waals surface area contributed by atoms with Crippen molar-refractivity contribution < 1.29 is 18.7 Å². The summed E-state index contributed by atoms with van der Waals surface area (Å²) in [5.74, 6) is -0.506. The average Bonchev–Trinajstić information content (AvgIpc) is 2.37. The molecule has 5 heteroatoms. The van der Waals surface area contributed by atoms with E-state index in [2.05, 4.69) is 12.2 Å². The van der Waals surface area contributed by atoms with Crippen molar-refractivity contribution in [3.63, 3.8) is 0 Å². The number of halogens is 1. The van der Waals surface area contributed by atoms with Crippen LogP contribution in [-0.2, 0) is 16.1 Å². The molecule has 0 aliphatic carbocycles. The molecule has 0 aromatic heterocycles. The van der Waals surface area contributed by atoms with Gasteiger partial charge in [0.2, 0.25) is 0 Å². The summed E-state index contributed by atoms with van der Waals surface area (Å²) >= 11 is 0. The van der Waals surface area contributed by atoms with Crippen LogP contribution in [0.1, 0.15) is 25.8 Å². The molecule has 0 amide bonds. The van der Waals surface area contributed by atoms with Crippen molar-refractivity contribution >= 4 is 5.97 Å². The van der Waals surface area contributed by atoms with Gasteiger partial charge in [-0.1, -0.05) is 6.92 Å². The fourth-order valence-electron chi connectivity index (χ4n) is 1.56. The van der Waals surface area contributed by atoms with E-state index in [-0.39, 0.29) is 12.4 Å². The lowest BCUT2D eigenvalue weighted by atomic mass is 10.2. The maximum Gasteiger partial charge on any atom is 0.344 e. The highest BCUT2D eigenvalue weighted by Gasteiger charge is 2.06. The fraction of sp³-hybridized carbons (Fsp3) is 0.500. The number of rotatable bonds is 8. The first-order valence-electron chi connectivity index (χ1n) is 6.44. The summed E-state index contributed by atoms with van der Waals surface area (Å²) in [4.78, 5) is 11.1. The minimum atomic E-state index is -0.461. The van der Waals surface area contributed by atoms with Crippen LogP contribution in [0.5, 0.6) is 5.75 Å². The van der Waals surface area contributed by atoms with Crippen LogP contribution in [0.3, 0.4) is 0 Å². The first-order chi connectivity index (χ1) is 9.15. The fourth-order valence-corrected chi connectivity index (χ4v) is 1.56.